The Labute approximate surface area is 116 Å². The SMILES string of the molecule is Cc1nnc2ncc(-c3ccc(F)c(C(F)(F)F)c3)cn12. The molecule has 0 N–H and O–H groups in total. The first-order valence-corrected chi connectivity index (χ1v) is 5.91. The predicted molar refractivity (Wildman–Crippen MR) is 65.9 cm³/mol. The second-order valence-corrected chi connectivity index (χ2v) is 4.45. The van der Waals surface area contributed by atoms with Crippen molar-refractivity contribution in [2.75, 3.05) is 0 Å². The van der Waals surface area contributed by atoms with E-state index in [2.05, 4.69) is 15.2 Å². The van der Waals surface area contributed by atoms with Crippen molar-refractivity contribution >= 4 is 5.78 Å². The van der Waals surface area contributed by atoms with Crippen LogP contribution in [0.15, 0.2) is 30.6 Å². The van der Waals surface area contributed by atoms with Gasteiger partial charge in [-0.2, -0.15) is 13.2 Å². The van der Waals surface area contributed by atoms with Crippen LogP contribution in [0.5, 0.6) is 0 Å². The summed E-state index contributed by atoms with van der Waals surface area (Å²) in [6, 6.07) is 2.83. The molecule has 108 valence electrons. The van der Waals surface area contributed by atoms with Gasteiger partial charge in [0, 0.05) is 18.0 Å². The van der Waals surface area contributed by atoms with Gasteiger partial charge in [-0.05, 0) is 24.6 Å². The fourth-order valence-electron chi connectivity index (χ4n) is 1.97. The van der Waals surface area contributed by atoms with Gasteiger partial charge in [-0.25, -0.2) is 9.37 Å². The Kier molecular flexibility index (Phi) is 2.89. The van der Waals surface area contributed by atoms with Gasteiger partial charge in [0.15, 0.2) is 0 Å². The molecule has 0 spiro atoms. The van der Waals surface area contributed by atoms with Crippen LogP contribution in [0.4, 0.5) is 17.6 Å². The Hall–Kier alpha value is -2.51. The van der Waals surface area contributed by atoms with Gasteiger partial charge in [0.25, 0.3) is 5.78 Å². The zero-order chi connectivity index (χ0) is 15.2. The number of aryl methyl sites for hydroxylation is 1. The van der Waals surface area contributed by atoms with Gasteiger partial charge in [-0.3, -0.25) is 4.40 Å². The molecule has 0 bridgehead atoms. The maximum atomic E-state index is 13.3. The summed E-state index contributed by atoms with van der Waals surface area (Å²) in [6.07, 6.45) is -1.81. The number of nitrogens with zero attached hydrogens (tertiary/aromatic N) is 4. The van der Waals surface area contributed by atoms with Gasteiger partial charge in [-0.15, -0.1) is 10.2 Å². The van der Waals surface area contributed by atoms with Crippen molar-refractivity contribution in [1.82, 2.24) is 19.6 Å². The lowest BCUT2D eigenvalue weighted by atomic mass is 10.1. The van der Waals surface area contributed by atoms with Gasteiger partial charge in [0.1, 0.15) is 11.6 Å². The molecule has 3 rings (SSSR count). The van der Waals surface area contributed by atoms with Gasteiger partial charge in [-0.1, -0.05) is 6.07 Å². The third-order valence-corrected chi connectivity index (χ3v) is 3.04. The smallest absolute Gasteiger partial charge is 0.270 e. The van der Waals surface area contributed by atoms with E-state index in [1.165, 1.54) is 12.3 Å². The number of halogens is 4. The standard InChI is InChI=1S/C13H8F4N4/c1-7-19-20-12-18-5-9(6-21(7)12)8-2-3-11(14)10(4-8)13(15,16)17/h2-6H,1H3. The van der Waals surface area contributed by atoms with Crippen LogP contribution in [0.1, 0.15) is 11.4 Å². The summed E-state index contributed by atoms with van der Waals surface area (Å²) in [4.78, 5) is 4.01. The predicted octanol–water partition coefficient (Wildman–Crippen LogP) is 3.26. The van der Waals surface area contributed by atoms with E-state index in [1.54, 1.807) is 17.5 Å². The molecular weight excluding hydrogens is 288 g/mol. The lowest BCUT2D eigenvalue weighted by Crippen LogP contribution is -2.08. The quantitative estimate of drug-likeness (QED) is 0.647. The van der Waals surface area contributed by atoms with E-state index >= 15 is 0 Å². The molecule has 0 amide bonds. The lowest BCUT2D eigenvalue weighted by Gasteiger charge is -2.10. The van der Waals surface area contributed by atoms with Crippen molar-refractivity contribution in [3.05, 3.63) is 47.8 Å². The molecule has 0 fully saturated rings. The Balaban J connectivity index is 2.16. The Bertz CT molecular complexity index is 823. The summed E-state index contributed by atoms with van der Waals surface area (Å²) >= 11 is 0. The van der Waals surface area contributed by atoms with Crippen molar-refractivity contribution in [2.24, 2.45) is 0 Å². The van der Waals surface area contributed by atoms with Gasteiger partial charge in [0.2, 0.25) is 0 Å². The Morgan fingerprint density at radius 2 is 1.86 bits per heavy atom. The first-order valence-electron chi connectivity index (χ1n) is 5.91. The highest BCUT2D eigenvalue weighted by molar-refractivity contribution is 5.63. The van der Waals surface area contributed by atoms with Gasteiger partial charge in [0.05, 0.1) is 5.56 Å². The Morgan fingerprint density at radius 1 is 1.10 bits per heavy atom. The van der Waals surface area contributed by atoms with Gasteiger partial charge >= 0.3 is 6.18 Å². The fourth-order valence-corrected chi connectivity index (χ4v) is 1.97. The number of hydrogen-bond donors (Lipinski definition) is 0. The summed E-state index contributed by atoms with van der Waals surface area (Å²) in [7, 11) is 0. The summed E-state index contributed by atoms with van der Waals surface area (Å²) in [5, 5.41) is 7.60. The van der Waals surface area contributed by atoms with Crippen molar-refractivity contribution < 1.29 is 17.6 Å². The number of alkyl halides is 3. The van der Waals surface area contributed by atoms with Gasteiger partial charge < -0.3 is 0 Å². The van der Waals surface area contributed by atoms with E-state index in [4.69, 9.17) is 0 Å². The molecule has 0 aliphatic heterocycles. The minimum absolute atomic E-state index is 0.214. The molecule has 8 heteroatoms. The molecule has 1 aromatic carbocycles. The first-order chi connectivity index (χ1) is 9.86. The van der Waals surface area contributed by atoms with E-state index in [9.17, 15) is 17.6 Å². The van der Waals surface area contributed by atoms with Crippen LogP contribution in [0.2, 0.25) is 0 Å². The molecule has 21 heavy (non-hydrogen) atoms. The van der Waals surface area contributed by atoms with Crippen molar-refractivity contribution in [3.63, 3.8) is 0 Å². The molecule has 2 heterocycles. The lowest BCUT2D eigenvalue weighted by molar-refractivity contribution is -0.139. The van der Waals surface area contributed by atoms with Crippen LogP contribution < -0.4 is 0 Å². The summed E-state index contributed by atoms with van der Waals surface area (Å²) < 4.78 is 53.0. The van der Waals surface area contributed by atoms with E-state index in [0.29, 0.717) is 17.2 Å². The maximum Gasteiger partial charge on any atom is 0.419 e. The summed E-state index contributed by atoms with van der Waals surface area (Å²) in [5.74, 6) is -0.410. The largest absolute Gasteiger partial charge is 0.419 e. The van der Waals surface area contributed by atoms with E-state index in [-0.39, 0.29) is 5.56 Å². The zero-order valence-electron chi connectivity index (χ0n) is 10.7. The monoisotopic (exact) mass is 296 g/mol. The van der Waals surface area contributed by atoms with Crippen molar-refractivity contribution in [1.29, 1.82) is 0 Å². The van der Waals surface area contributed by atoms with Crippen LogP contribution in [0.3, 0.4) is 0 Å². The van der Waals surface area contributed by atoms with Crippen molar-refractivity contribution in [2.45, 2.75) is 13.1 Å². The van der Waals surface area contributed by atoms with Crippen LogP contribution in [0, 0.1) is 12.7 Å². The third-order valence-electron chi connectivity index (χ3n) is 3.04. The molecule has 0 aliphatic rings. The second kappa shape index (κ2) is 4.51. The van der Waals surface area contributed by atoms with Crippen molar-refractivity contribution in [3.8, 4) is 11.1 Å². The van der Waals surface area contributed by atoms with Crippen LogP contribution in [0.25, 0.3) is 16.9 Å². The highest BCUT2D eigenvalue weighted by Crippen LogP contribution is 2.34. The zero-order valence-corrected chi connectivity index (χ0v) is 10.7. The highest BCUT2D eigenvalue weighted by atomic mass is 19.4. The molecule has 0 unspecified atom stereocenters. The summed E-state index contributed by atoms with van der Waals surface area (Å²) in [5.41, 5.74) is -0.678. The molecule has 3 aromatic rings. The number of fused-ring (bicyclic) bond motifs is 1. The number of benzene rings is 1. The molecule has 0 radical (unpaired) electrons. The number of aromatic nitrogens is 4. The fraction of sp³-hybridized carbons (Fsp3) is 0.154. The van der Waals surface area contributed by atoms with Crippen LogP contribution in [-0.2, 0) is 6.18 Å². The molecule has 0 atom stereocenters. The molecule has 0 saturated carbocycles. The minimum Gasteiger partial charge on any atom is -0.270 e. The molecular formula is C13H8F4N4. The molecule has 4 nitrogen and oxygen atoms in total. The molecule has 0 saturated heterocycles. The highest BCUT2D eigenvalue weighted by Gasteiger charge is 2.34. The molecule has 0 aliphatic carbocycles. The van der Waals surface area contributed by atoms with E-state index in [0.717, 1.165) is 12.1 Å². The summed E-state index contributed by atoms with van der Waals surface area (Å²) in [6.45, 7) is 1.69. The Morgan fingerprint density at radius 3 is 2.57 bits per heavy atom. The third kappa shape index (κ3) is 2.32. The second-order valence-electron chi connectivity index (χ2n) is 4.45. The number of hydrogen-bond acceptors (Lipinski definition) is 3. The molecule has 2 aromatic heterocycles. The number of rotatable bonds is 1. The minimum atomic E-state index is -4.75. The van der Waals surface area contributed by atoms with E-state index < -0.39 is 17.6 Å². The van der Waals surface area contributed by atoms with Crippen LogP contribution in [-0.4, -0.2) is 19.6 Å². The normalized spacial score (nSPS) is 12.0. The van der Waals surface area contributed by atoms with Crippen LogP contribution >= 0.6 is 0 Å². The average molecular weight is 296 g/mol. The van der Waals surface area contributed by atoms with E-state index in [1.807, 2.05) is 0 Å². The first kappa shape index (κ1) is 13.5. The maximum absolute atomic E-state index is 13.3. The average Bonchev–Trinajstić information content (AvgIpc) is 2.79. The topological polar surface area (TPSA) is 43.1 Å².